The molecule has 0 fully saturated rings. The molecule has 0 radical (unpaired) electrons. The van der Waals surface area contributed by atoms with E-state index in [0.717, 1.165) is 0 Å². The smallest absolute Gasteiger partial charge is 0.307 e. The fourth-order valence-corrected chi connectivity index (χ4v) is 1.81. The predicted octanol–water partition coefficient (Wildman–Crippen LogP) is 2.02. The van der Waals surface area contributed by atoms with Gasteiger partial charge in [0, 0.05) is 25.2 Å². The van der Waals surface area contributed by atoms with Gasteiger partial charge in [0.1, 0.15) is 0 Å². The molecule has 0 aromatic heterocycles. The van der Waals surface area contributed by atoms with E-state index < -0.39 is 10.9 Å². The van der Waals surface area contributed by atoms with E-state index >= 15 is 0 Å². The van der Waals surface area contributed by atoms with Crippen LogP contribution in [0.25, 0.3) is 6.08 Å². The lowest BCUT2D eigenvalue weighted by molar-refractivity contribution is -0.385. The standard InChI is InChI=1S/C15H18N2O5/c1-3-16(11-10-15(19)22-2)14(18)9-8-12-6-4-5-7-13(12)17(20)21/h4-9H,3,10-11H2,1-2H3/b9-8+. The number of methoxy groups -OCH3 is 1. The molecule has 0 aliphatic rings. The zero-order chi connectivity index (χ0) is 16.5. The Kier molecular flexibility index (Phi) is 6.75. The summed E-state index contributed by atoms with van der Waals surface area (Å²) < 4.78 is 4.53. The van der Waals surface area contributed by atoms with Crippen molar-refractivity contribution in [1.29, 1.82) is 0 Å². The molecule has 0 aliphatic heterocycles. The maximum atomic E-state index is 12.0. The summed E-state index contributed by atoms with van der Waals surface area (Å²) in [6.07, 6.45) is 2.78. The van der Waals surface area contributed by atoms with Crippen molar-refractivity contribution in [1.82, 2.24) is 4.90 Å². The van der Waals surface area contributed by atoms with E-state index in [9.17, 15) is 19.7 Å². The van der Waals surface area contributed by atoms with Crippen molar-refractivity contribution >= 4 is 23.6 Å². The molecule has 1 aromatic carbocycles. The Bertz CT molecular complexity index is 583. The minimum absolute atomic E-state index is 0.0656. The lowest BCUT2D eigenvalue weighted by atomic mass is 10.1. The highest BCUT2D eigenvalue weighted by atomic mass is 16.6. The Balaban J connectivity index is 2.77. The van der Waals surface area contributed by atoms with Gasteiger partial charge >= 0.3 is 5.97 Å². The fourth-order valence-electron chi connectivity index (χ4n) is 1.81. The van der Waals surface area contributed by atoms with Gasteiger partial charge in [0.05, 0.1) is 24.0 Å². The number of para-hydroxylation sites is 1. The molecule has 1 amide bonds. The van der Waals surface area contributed by atoms with Gasteiger partial charge in [-0.1, -0.05) is 12.1 Å². The van der Waals surface area contributed by atoms with E-state index in [4.69, 9.17) is 0 Å². The molecule has 0 spiro atoms. The van der Waals surface area contributed by atoms with E-state index in [2.05, 4.69) is 4.74 Å². The largest absolute Gasteiger partial charge is 0.469 e. The molecule has 0 aliphatic carbocycles. The van der Waals surface area contributed by atoms with Gasteiger partial charge in [-0.25, -0.2) is 0 Å². The highest BCUT2D eigenvalue weighted by Gasteiger charge is 2.13. The third-order valence-electron chi connectivity index (χ3n) is 3.05. The zero-order valence-electron chi connectivity index (χ0n) is 12.5. The van der Waals surface area contributed by atoms with Crippen molar-refractivity contribution in [2.45, 2.75) is 13.3 Å². The normalized spacial score (nSPS) is 10.5. The first kappa shape index (κ1) is 17.4. The molecule has 22 heavy (non-hydrogen) atoms. The summed E-state index contributed by atoms with van der Waals surface area (Å²) in [6.45, 7) is 2.45. The van der Waals surface area contributed by atoms with Gasteiger partial charge in [-0.05, 0) is 19.1 Å². The maximum Gasteiger partial charge on any atom is 0.307 e. The second kappa shape index (κ2) is 8.56. The maximum absolute atomic E-state index is 12.0. The lowest BCUT2D eigenvalue weighted by Gasteiger charge is -2.18. The highest BCUT2D eigenvalue weighted by Crippen LogP contribution is 2.19. The molecule has 7 heteroatoms. The van der Waals surface area contributed by atoms with E-state index in [1.165, 1.54) is 30.2 Å². The Morgan fingerprint density at radius 1 is 1.36 bits per heavy atom. The van der Waals surface area contributed by atoms with Crippen LogP contribution in [0.1, 0.15) is 18.9 Å². The summed E-state index contributed by atoms with van der Waals surface area (Å²) in [7, 11) is 1.29. The molecule has 0 atom stereocenters. The Labute approximate surface area is 128 Å². The number of hydrogen-bond acceptors (Lipinski definition) is 5. The molecule has 118 valence electrons. The summed E-state index contributed by atoms with van der Waals surface area (Å²) >= 11 is 0. The van der Waals surface area contributed by atoms with Crippen molar-refractivity contribution in [2.75, 3.05) is 20.2 Å². The summed E-state index contributed by atoms with van der Waals surface area (Å²) in [6, 6.07) is 6.16. The number of carbonyl (C=O) groups excluding carboxylic acids is 2. The Morgan fingerprint density at radius 3 is 2.64 bits per heavy atom. The van der Waals surface area contributed by atoms with E-state index in [0.29, 0.717) is 12.1 Å². The van der Waals surface area contributed by atoms with Gasteiger partial charge < -0.3 is 9.64 Å². The number of nitro groups is 1. The monoisotopic (exact) mass is 306 g/mol. The fraction of sp³-hybridized carbons (Fsp3) is 0.333. The van der Waals surface area contributed by atoms with Crippen molar-refractivity contribution in [2.24, 2.45) is 0 Å². The molecule has 0 saturated carbocycles. The minimum atomic E-state index is -0.501. The number of ether oxygens (including phenoxy) is 1. The second-order valence-electron chi connectivity index (χ2n) is 4.39. The van der Waals surface area contributed by atoms with Crippen LogP contribution >= 0.6 is 0 Å². The third-order valence-corrected chi connectivity index (χ3v) is 3.05. The van der Waals surface area contributed by atoms with Crippen LogP contribution in [0.3, 0.4) is 0 Å². The molecule has 1 rings (SSSR count). The second-order valence-corrected chi connectivity index (χ2v) is 4.39. The predicted molar refractivity (Wildman–Crippen MR) is 81.0 cm³/mol. The first-order chi connectivity index (χ1) is 10.5. The van der Waals surface area contributed by atoms with E-state index in [1.54, 1.807) is 25.1 Å². The van der Waals surface area contributed by atoms with Crippen LogP contribution in [0.15, 0.2) is 30.3 Å². The molecule has 7 nitrogen and oxygen atoms in total. The topological polar surface area (TPSA) is 89.8 Å². The molecule has 1 aromatic rings. The van der Waals surface area contributed by atoms with Gasteiger partial charge in [-0.15, -0.1) is 0 Å². The summed E-state index contributed by atoms with van der Waals surface area (Å²) in [5.74, 6) is -0.710. The van der Waals surface area contributed by atoms with Crippen LogP contribution < -0.4 is 0 Å². The van der Waals surface area contributed by atoms with Crippen molar-refractivity contribution in [3.63, 3.8) is 0 Å². The van der Waals surface area contributed by atoms with Crippen LogP contribution in [0.5, 0.6) is 0 Å². The number of hydrogen-bond donors (Lipinski definition) is 0. The number of benzene rings is 1. The Hall–Kier alpha value is -2.70. The van der Waals surface area contributed by atoms with Crippen LogP contribution in [-0.2, 0) is 14.3 Å². The summed E-state index contributed by atoms with van der Waals surface area (Å²) in [5.41, 5.74) is 0.286. The molecular weight excluding hydrogens is 288 g/mol. The Morgan fingerprint density at radius 2 is 2.05 bits per heavy atom. The third kappa shape index (κ3) is 5.01. The first-order valence-electron chi connectivity index (χ1n) is 6.76. The van der Waals surface area contributed by atoms with Gasteiger partial charge in [0.25, 0.3) is 5.69 Å². The van der Waals surface area contributed by atoms with Gasteiger partial charge in [0.2, 0.25) is 5.91 Å². The van der Waals surface area contributed by atoms with Crippen molar-refractivity contribution in [3.8, 4) is 0 Å². The number of nitro benzene ring substituents is 1. The van der Waals surface area contributed by atoms with Crippen LogP contribution in [0.2, 0.25) is 0 Å². The van der Waals surface area contributed by atoms with Crippen LogP contribution in [0, 0.1) is 10.1 Å². The molecule has 0 unspecified atom stereocenters. The first-order valence-corrected chi connectivity index (χ1v) is 6.76. The highest BCUT2D eigenvalue weighted by molar-refractivity contribution is 5.92. The molecular formula is C15H18N2O5. The number of rotatable bonds is 7. The summed E-state index contributed by atoms with van der Waals surface area (Å²) in [4.78, 5) is 35.0. The van der Waals surface area contributed by atoms with Gasteiger partial charge in [0.15, 0.2) is 0 Å². The average molecular weight is 306 g/mol. The average Bonchev–Trinajstić information content (AvgIpc) is 2.53. The minimum Gasteiger partial charge on any atom is -0.469 e. The van der Waals surface area contributed by atoms with Gasteiger partial charge in [-0.2, -0.15) is 0 Å². The SMILES string of the molecule is CCN(CCC(=O)OC)C(=O)/C=C/c1ccccc1[N+](=O)[O-]. The summed E-state index contributed by atoms with van der Waals surface area (Å²) in [5, 5.41) is 10.9. The number of esters is 1. The molecule has 0 heterocycles. The van der Waals surface area contributed by atoms with Crippen LogP contribution in [-0.4, -0.2) is 41.9 Å². The molecule has 0 N–H and O–H groups in total. The van der Waals surface area contributed by atoms with E-state index in [1.807, 2.05) is 0 Å². The molecule has 0 bridgehead atoms. The number of nitrogens with zero attached hydrogens (tertiary/aromatic N) is 2. The molecule has 0 saturated heterocycles. The van der Waals surface area contributed by atoms with Gasteiger partial charge in [-0.3, -0.25) is 19.7 Å². The number of likely N-dealkylation sites (N-methyl/N-ethyl adjacent to an activating group) is 1. The quantitative estimate of drug-likeness (QED) is 0.333. The van der Waals surface area contributed by atoms with Crippen molar-refractivity contribution in [3.05, 3.63) is 46.0 Å². The van der Waals surface area contributed by atoms with E-state index in [-0.39, 0.29) is 24.6 Å². The van der Waals surface area contributed by atoms with Crippen LogP contribution in [0.4, 0.5) is 5.69 Å². The van der Waals surface area contributed by atoms with Crippen molar-refractivity contribution < 1.29 is 19.2 Å². The lowest BCUT2D eigenvalue weighted by Crippen LogP contribution is -2.31. The zero-order valence-corrected chi connectivity index (χ0v) is 12.5. The number of carbonyl (C=O) groups is 2. The number of amides is 1.